The van der Waals surface area contributed by atoms with Crippen LogP contribution in [-0.4, -0.2) is 37.3 Å². The molecule has 1 saturated heterocycles. The highest BCUT2D eigenvalue weighted by atomic mass is 32.2. The number of hydrogen-bond acceptors (Lipinski definition) is 7. The fraction of sp³-hybridized carbons (Fsp3) is 0.292. The fourth-order valence-corrected chi connectivity index (χ4v) is 4.80. The number of thiocarbonyl (C=S) groups is 1. The first-order valence-electron chi connectivity index (χ1n) is 10.7. The summed E-state index contributed by atoms with van der Waals surface area (Å²) in [6, 6.07) is 11.7. The predicted octanol–water partition coefficient (Wildman–Crippen LogP) is 3.73. The number of aliphatic carboxylic acids is 1. The molecule has 0 spiro atoms. The normalized spacial score (nSPS) is 14.5. The van der Waals surface area contributed by atoms with Gasteiger partial charge in [0.15, 0.2) is 0 Å². The van der Waals surface area contributed by atoms with Crippen LogP contribution in [0.2, 0.25) is 0 Å². The number of pyridine rings is 1. The van der Waals surface area contributed by atoms with Gasteiger partial charge in [-0.15, -0.1) is 0 Å². The number of nitrogens with one attached hydrogen (secondary N) is 1. The van der Waals surface area contributed by atoms with Crippen molar-refractivity contribution in [2.24, 2.45) is 0 Å². The summed E-state index contributed by atoms with van der Waals surface area (Å²) in [6.07, 6.45) is 3.17. The number of aromatic nitrogens is 1. The monoisotopic (exact) mass is 496 g/mol. The number of anilines is 1. The molecule has 0 aliphatic carbocycles. The van der Waals surface area contributed by atoms with Crippen LogP contribution < -0.4 is 10.9 Å². The number of hydrogen-bond donors (Lipinski definition) is 2. The molecule has 10 heteroatoms. The number of amides is 1. The lowest BCUT2D eigenvalue weighted by Crippen LogP contribution is -2.33. The van der Waals surface area contributed by atoms with Gasteiger partial charge in [-0.25, -0.2) is 0 Å². The molecule has 1 aromatic heterocycles. The summed E-state index contributed by atoms with van der Waals surface area (Å²) in [5.41, 5.74) is 1.59. The van der Waals surface area contributed by atoms with Crippen LogP contribution in [0.4, 0.5) is 5.82 Å². The lowest BCUT2D eigenvalue weighted by Gasteiger charge is -2.20. The highest BCUT2D eigenvalue weighted by molar-refractivity contribution is 8.26. The van der Waals surface area contributed by atoms with Crippen LogP contribution in [0.1, 0.15) is 42.0 Å². The molecule has 176 valence electrons. The zero-order chi connectivity index (χ0) is 24.8. The molecule has 1 aliphatic rings. The summed E-state index contributed by atoms with van der Waals surface area (Å²) in [6.45, 7) is 3.98. The van der Waals surface area contributed by atoms with Crippen LogP contribution in [0.25, 0.3) is 6.08 Å². The largest absolute Gasteiger partial charge is 0.480 e. The number of nitriles is 1. The minimum absolute atomic E-state index is 0.00799. The maximum absolute atomic E-state index is 13.2. The van der Waals surface area contributed by atoms with Crippen molar-refractivity contribution in [3.63, 3.8) is 0 Å². The molecule has 2 aromatic rings. The van der Waals surface area contributed by atoms with Crippen molar-refractivity contribution in [3.8, 4) is 6.07 Å². The van der Waals surface area contributed by atoms with Crippen molar-refractivity contribution in [3.05, 3.63) is 67.8 Å². The van der Waals surface area contributed by atoms with E-state index in [9.17, 15) is 19.6 Å². The SMILES string of the molecule is CCCCn1c(NCc2ccccc2)c(/C=C2/SC(=S)N(CC(=O)O)C2=O)c(C)c(C#N)c1=O. The van der Waals surface area contributed by atoms with E-state index >= 15 is 0 Å². The Balaban J connectivity index is 2.16. The van der Waals surface area contributed by atoms with Crippen LogP contribution >= 0.6 is 24.0 Å². The van der Waals surface area contributed by atoms with E-state index in [-0.39, 0.29) is 20.3 Å². The summed E-state index contributed by atoms with van der Waals surface area (Å²) in [5.74, 6) is -1.18. The van der Waals surface area contributed by atoms with Crippen molar-refractivity contribution in [1.29, 1.82) is 5.26 Å². The van der Waals surface area contributed by atoms with Crippen LogP contribution in [0.15, 0.2) is 40.0 Å². The topological polar surface area (TPSA) is 115 Å². The average Bonchev–Trinajstić information content (AvgIpc) is 3.07. The molecule has 1 amide bonds. The van der Waals surface area contributed by atoms with E-state index < -0.39 is 18.4 Å². The number of unbranched alkanes of at least 4 members (excludes halogenated alkanes) is 1. The summed E-state index contributed by atoms with van der Waals surface area (Å²) in [4.78, 5) is 38.4. The van der Waals surface area contributed by atoms with E-state index in [1.54, 1.807) is 17.6 Å². The molecule has 2 N–H and O–H groups in total. The third-order valence-corrected chi connectivity index (χ3v) is 6.73. The second-order valence-electron chi connectivity index (χ2n) is 7.69. The van der Waals surface area contributed by atoms with Gasteiger partial charge in [0.2, 0.25) is 0 Å². The summed E-state index contributed by atoms with van der Waals surface area (Å²) < 4.78 is 1.69. The van der Waals surface area contributed by atoms with Crippen molar-refractivity contribution < 1.29 is 14.7 Å². The predicted molar refractivity (Wildman–Crippen MR) is 136 cm³/mol. The quantitative estimate of drug-likeness (QED) is 0.399. The van der Waals surface area contributed by atoms with Gasteiger partial charge in [-0.1, -0.05) is 67.7 Å². The molecule has 8 nitrogen and oxygen atoms in total. The molecule has 0 atom stereocenters. The van der Waals surface area contributed by atoms with E-state index in [0.717, 1.165) is 35.1 Å². The van der Waals surface area contributed by atoms with E-state index in [0.29, 0.717) is 30.0 Å². The highest BCUT2D eigenvalue weighted by Gasteiger charge is 2.34. The molecular weight excluding hydrogens is 472 g/mol. The molecule has 2 heterocycles. The maximum Gasteiger partial charge on any atom is 0.323 e. The lowest BCUT2D eigenvalue weighted by atomic mass is 10.0. The van der Waals surface area contributed by atoms with Gasteiger partial charge < -0.3 is 10.4 Å². The molecule has 1 aliphatic heterocycles. The van der Waals surface area contributed by atoms with Crippen molar-refractivity contribution in [2.45, 2.75) is 39.8 Å². The first-order chi connectivity index (χ1) is 16.3. The van der Waals surface area contributed by atoms with Crippen LogP contribution in [-0.2, 0) is 22.7 Å². The van der Waals surface area contributed by atoms with E-state index in [1.165, 1.54) is 0 Å². The molecule has 3 rings (SSSR count). The Hall–Kier alpha value is -3.42. The van der Waals surface area contributed by atoms with Crippen LogP contribution in [0, 0.1) is 18.3 Å². The van der Waals surface area contributed by atoms with Crippen LogP contribution in [0.5, 0.6) is 0 Å². The highest BCUT2D eigenvalue weighted by Crippen LogP contribution is 2.35. The van der Waals surface area contributed by atoms with E-state index in [1.807, 2.05) is 43.3 Å². The zero-order valence-electron chi connectivity index (χ0n) is 18.8. The second-order valence-corrected chi connectivity index (χ2v) is 9.36. The number of benzene rings is 1. The van der Waals surface area contributed by atoms with Gasteiger partial charge in [-0.2, -0.15) is 5.26 Å². The Morgan fingerprint density at radius 1 is 1.29 bits per heavy atom. The number of rotatable bonds is 9. The Kier molecular flexibility index (Phi) is 8.26. The van der Waals surface area contributed by atoms with Gasteiger partial charge >= 0.3 is 5.97 Å². The van der Waals surface area contributed by atoms with Gasteiger partial charge in [0.25, 0.3) is 11.5 Å². The summed E-state index contributed by atoms with van der Waals surface area (Å²) in [7, 11) is 0. The molecule has 0 unspecified atom stereocenters. The second kappa shape index (κ2) is 11.1. The van der Waals surface area contributed by atoms with Gasteiger partial charge in [0.1, 0.15) is 28.3 Å². The molecule has 0 radical (unpaired) electrons. The lowest BCUT2D eigenvalue weighted by molar-refractivity contribution is -0.140. The number of carboxylic acid groups (broad SMARTS) is 1. The number of carbonyl (C=O) groups excluding carboxylic acids is 1. The van der Waals surface area contributed by atoms with Crippen molar-refractivity contribution in [1.82, 2.24) is 9.47 Å². The number of carbonyl (C=O) groups is 2. The summed E-state index contributed by atoms with van der Waals surface area (Å²) in [5, 5.41) is 22.1. The Morgan fingerprint density at radius 2 is 2.00 bits per heavy atom. The Labute approximate surface area is 206 Å². The fourth-order valence-electron chi connectivity index (χ4n) is 3.57. The van der Waals surface area contributed by atoms with Gasteiger partial charge in [0.05, 0.1) is 4.91 Å². The third kappa shape index (κ3) is 5.38. The Bertz CT molecular complexity index is 1260. The van der Waals surface area contributed by atoms with E-state index in [2.05, 4.69) is 5.32 Å². The van der Waals surface area contributed by atoms with Crippen LogP contribution in [0.3, 0.4) is 0 Å². The maximum atomic E-state index is 13.2. The average molecular weight is 497 g/mol. The van der Waals surface area contributed by atoms with E-state index in [4.69, 9.17) is 17.3 Å². The minimum Gasteiger partial charge on any atom is -0.480 e. The van der Waals surface area contributed by atoms with Gasteiger partial charge in [0, 0.05) is 18.7 Å². The number of carboxylic acids is 1. The minimum atomic E-state index is -1.17. The molecular formula is C24H24N4O4S2. The first kappa shape index (κ1) is 25.2. The molecule has 0 saturated carbocycles. The number of thioether (sulfide) groups is 1. The standard InChI is InChI=1S/C24H24N4O4S2/c1-3-4-10-27-21(26-13-16-8-6-5-7-9-16)17(15(2)18(12-25)22(27)31)11-19-23(32)28(14-20(29)30)24(33)34-19/h5-9,11,26H,3-4,10,13-14H2,1-2H3,(H,29,30)/b19-11+. The smallest absolute Gasteiger partial charge is 0.323 e. The molecule has 34 heavy (non-hydrogen) atoms. The first-order valence-corrected chi connectivity index (χ1v) is 11.9. The van der Waals surface area contributed by atoms with Gasteiger partial charge in [-0.3, -0.25) is 23.9 Å². The Morgan fingerprint density at radius 3 is 2.62 bits per heavy atom. The molecule has 0 bridgehead atoms. The molecule has 1 aromatic carbocycles. The van der Waals surface area contributed by atoms with Crippen molar-refractivity contribution in [2.75, 3.05) is 11.9 Å². The zero-order valence-corrected chi connectivity index (χ0v) is 20.5. The third-order valence-electron chi connectivity index (χ3n) is 5.36. The molecule has 1 fully saturated rings. The number of nitrogens with zero attached hydrogens (tertiary/aromatic N) is 3. The van der Waals surface area contributed by atoms with Gasteiger partial charge in [-0.05, 0) is 30.5 Å². The van der Waals surface area contributed by atoms with Crippen molar-refractivity contribution >= 4 is 52.1 Å². The summed E-state index contributed by atoms with van der Waals surface area (Å²) >= 11 is 6.20.